The highest BCUT2D eigenvalue weighted by Gasteiger charge is 2.30. The van der Waals surface area contributed by atoms with Crippen molar-refractivity contribution in [3.63, 3.8) is 0 Å². The summed E-state index contributed by atoms with van der Waals surface area (Å²) in [6.45, 7) is 1.89. The Labute approximate surface area is 471 Å². The van der Waals surface area contributed by atoms with Crippen LogP contribution in [0.5, 0.6) is 11.5 Å². The first kappa shape index (κ1) is 59.8. The lowest BCUT2D eigenvalue weighted by molar-refractivity contribution is 0.385. The lowest BCUT2D eigenvalue weighted by atomic mass is 9.95. The number of fused-ring (bicyclic) bond motifs is 2. The van der Waals surface area contributed by atoms with E-state index in [4.69, 9.17) is 42.6 Å². The van der Waals surface area contributed by atoms with Crippen LogP contribution in [0.25, 0.3) is 33.6 Å². The molecule has 0 amide bonds. The van der Waals surface area contributed by atoms with Gasteiger partial charge in [0.1, 0.15) is 52.2 Å². The van der Waals surface area contributed by atoms with Crippen LogP contribution in [0.3, 0.4) is 0 Å². The van der Waals surface area contributed by atoms with E-state index in [1.54, 1.807) is 12.3 Å². The zero-order valence-electron chi connectivity index (χ0n) is 41.9. The van der Waals surface area contributed by atoms with Crippen LogP contribution in [0, 0.1) is 36.0 Å². The smallest absolute Gasteiger partial charge is 0.303 e. The molecule has 0 spiro atoms. The van der Waals surface area contributed by atoms with E-state index in [0.29, 0.717) is 34.1 Å². The number of anilines is 2. The maximum absolute atomic E-state index is 15.4. The summed E-state index contributed by atoms with van der Waals surface area (Å²) >= 11 is 11.9. The van der Waals surface area contributed by atoms with Crippen molar-refractivity contribution in [1.29, 1.82) is 0 Å². The summed E-state index contributed by atoms with van der Waals surface area (Å²) in [7, 11) is 6.11. The predicted octanol–water partition coefficient (Wildman–Crippen LogP) is 12.0. The molecule has 10 rings (SSSR count). The van der Waals surface area contributed by atoms with Gasteiger partial charge >= 0.3 is 10.2 Å². The number of nitrogens with one attached hydrogen (secondary N) is 1. The van der Waals surface area contributed by atoms with Crippen molar-refractivity contribution >= 4 is 75.6 Å². The summed E-state index contributed by atoms with van der Waals surface area (Å²) < 4.78 is 123. The van der Waals surface area contributed by atoms with E-state index in [9.17, 15) is 31.2 Å². The van der Waals surface area contributed by atoms with Crippen molar-refractivity contribution in [3.8, 4) is 45.1 Å². The Hall–Kier alpha value is -6.85. The molecule has 0 saturated carbocycles. The van der Waals surface area contributed by atoms with Gasteiger partial charge in [-0.25, -0.2) is 36.1 Å². The molecule has 0 saturated heterocycles. The Kier molecular flexibility index (Phi) is 20.0. The molecule has 4 aromatic carbocycles. The number of methoxy groups -OCH3 is 2. The first-order chi connectivity index (χ1) is 37.5. The van der Waals surface area contributed by atoms with E-state index in [2.05, 4.69) is 36.1 Å². The zero-order valence-corrected chi connectivity index (χ0v) is 46.5. The van der Waals surface area contributed by atoms with Gasteiger partial charge < -0.3 is 15.2 Å². The van der Waals surface area contributed by atoms with Crippen molar-refractivity contribution in [2.75, 3.05) is 31.2 Å². The predicted molar refractivity (Wildman–Crippen MR) is 299 cm³/mol. The first-order valence-electron chi connectivity index (χ1n) is 23.5. The molecule has 4 aromatic heterocycles. The van der Waals surface area contributed by atoms with E-state index in [1.807, 2.05) is 19.1 Å². The number of hydrogen-bond donors (Lipinski definition) is 2. The fraction of sp³-hybridized carbons (Fsp3) is 0.185. The van der Waals surface area contributed by atoms with Gasteiger partial charge in [0.05, 0.1) is 31.8 Å². The molecule has 5 heterocycles. The number of hydrogen-bond acceptors (Lipinski definition) is 10. The molecule has 8 aromatic rings. The van der Waals surface area contributed by atoms with Crippen molar-refractivity contribution in [2.45, 2.75) is 45.6 Å². The van der Waals surface area contributed by atoms with Gasteiger partial charge in [-0.3, -0.25) is 23.4 Å². The third kappa shape index (κ3) is 15.1. The number of aromatic nitrogens is 4. The number of nitrogens with zero attached hydrogens (tertiary/aromatic N) is 5. The number of halogens is 9. The minimum atomic E-state index is -4.06. The van der Waals surface area contributed by atoms with Crippen LogP contribution in [0.1, 0.15) is 40.9 Å². The summed E-state index contributed by atoms with van der Waals surface area (Å²) in [5.74, 6) is -2.13. The Bertz CT molecular complexity index is 3740. The Balaban J connectivity index is 0.000000195. The molecule has 1 aliphatic heterocycles. The molecule has 3 N–H and O–H groups in total. The number of nitrogens with two attached hydrogens (primary N) is 1. The Morgan fingerprint density at radius 1 is 0.633 bits per heavy atom. The number of ether oxygens (including phenoxy) is 2. The standard InChI is InChI=1S/C26H20ClF3N4O4S.C22H18ClF2NO2.C6H8N2.Cl2OS/c1-38-24-11-20(16-8-17(27)10-19(29)9-16)21(30)12-23(24)34-22-6-7-33(14-15(22)2-5-26(34)35)39(36,37)32-25-4-3-18(28)13-31-25;1-28-21-11-17(14-8-15(23)10-16(24)9-14)18(25)12-20(21)26-19-5-3-2-4-13(19)6-7-22(26)27;1-5-2-3-6(7)8-4-5;1-4(2)3/h2-5,8-13H,6-7,14H2,1H3,(H,31,32);6-12H,2-5H2,1H3;2-4H,1H3,(H2,7,8);. The second kappa shape index (κ2) is 26.4. The average Bonchev–Trinajstić information content (AvgIpc) is 3.43. The third-order valence-electron chi connectivity index (χ3n) is 12.2. The van der Waals surface area contributed by atoms with Crippen LogP contribution in [-0.4, -0.2) is 56.8 Å². The molecule has 414 valence electrons. The van der Waals surface area contributed by atoms with Gasteiger partial charge in [-0.05, 0) is 127 Å². The molecule has 14 nitrogen and oxygen atoms in total. The van der Waals surface area contributed by atoms with Gasteiger partial charge in [-0.15, -0.1) is 0 Å². The topological polar surface area (TPSA) is 181 Å². The molecule has 1 aliphatic carbocycles. The molecule has 0 unspecified atom stereocenters. The number of rotatable bonds is 9. The van der Waals surface area contributed by atoms with Crippen LogP contribution in [0.4, 0.5) is 33.6 Å². The first-order valence-corrected chi connectivity index (χ1v) is 28.5. The average molecular weight is 1210 g/mol. The zero-order chi connectivity index (χ0) is 57.3. The van der Waals surface area contributed by atoms with Crippen LogP contribution in [0.15, 0.2) is 131 Å². The van der Waals surface area contributed by atoms with Gasteiger partial charge in [0.25, 0.3) is 11.1 Å². The lowest BCUT2D eigenvalue weighted by Gasteiger charge is -2.30. The van der Waals surface area contributed by atoms with Crippen LogP contribution in [0.2, 0.25) is 10.0 Å². The number of aryl methyl sites for hydroxylation is 2. The normalized spacial score (nSPS) is 12.8. The van der Waals surface area contributed by atoms with Crippen molar-refractivity contribution in [2.24, 2.45) is 0 Å². The maximum atomic E-state index is 15.4. The molecule has 0 bridgehead atoms. The fourth-order valence-electron chi connectivity index (χ4n) is 8.73. The highest BCUT2D eigenvalue weighted by Crippen LogP contribution is 2.37. The fourth-order valence-corrected chi connectivity index (χ4v) is 10.3. The molecular formula is C54H46Cl4F5N7O7S2. The maximum Gasteiger partial charge on any atom is 0.303 e. The van der Waals surface area contributed by atoms with Gasteiger partial charge in [-0.2, -0.15) is 12.7 Å². The largest absolute Gasteiger partial charge is 0.495 e. The molecular weight excluding hydrogens is 1160 g/mol. The molecule has 0 radical (unpaired) electrons. The minimum absolute atomic E-state index is 0.00233. The van der Waals surface area contributed by atoms with E-state index in [0.717, 1.165) is 83.3 Å². The summed E-state index contributed by atoms with van der Waals surface area (Å²) in [4.78, 5) is 33.2. The highest BCUT2D eigenvalue weighted by atomic mass is 36.0. The van der Waals surface area contributed by atoms with E-state index < -0.39 is 54.1 Å². The van der Waals surface area contributed by atoms with E-state index in [-0.39, 0.29) is 69.1 Å². The monoisotopic (exact) mass is 1200 g/mol. The number of pyridine rings is 4. The molecule has 0 fully saturated rings. The highest BCUT2D eigenvalue weighted by molar-refractivity contribution is 8.26. The van der Waals surface area contributed by atoms with E-state index in [1.165, 1.54) is 84.0 Å². The molecule has 25 heteroatoms. The van der Waals surface area contributed by atoms with Gasteiger partial charge in [-0.1, -0.05) is 41.4 Å². The summed E-state index contributed by atoms with van der Waals surface area (Å²) in [6.07, 6.45) is 6.43. The van der Waals surface area contributed by atoms with Crippen LogP contribution < -0.4 is 31.0 Å². The Morgan fingerprint density at radius 3 is 1.62 bits per heavy atom. The van der Waals surface area contributed by atoms with Gasteiger partial charge in [0.15, 0.2) is 0 Å². The molecule has 79 heavy (non-hydrogen) atoms. The van der Waals surface area contributed by atoms with Crippen LogP contribution in [-0.2, 0) is 45.2 Å². The summed E-state index contributed by atoms with van der Waals surface area (Å²) in [5.41, 5.74) is 9.83. The number of benzene rings is 4. The summed E-state index contributed by atoms with van der Waals surface area (Å²) in [5, 5.41) is 0.260. The second-order valence-corrected chi connectivity index (χ2v) is 22.6. The van der Waals surface area contributed by atoms with Gasteiger partial charge in [0, 0.05) is 104 Å². The number of nitrogen functional groups attached to an aromatic ring is 1. The SMILES string of the molecule is COc1cc(-c2cc(F)cc(Cl)c2)c(F)cc1-n1c2c(ccc1=O)CCCC2.COc1cc(-c2cc(F)cc(Cl)c2)c(F)cc1-n1c2c(ccc1=O)CN(S(=O)(=O)Nc1ccc(F)cn1)CC2.Cc1ccc(N)nc1.O=S(Cl)Cl. The minimum Gasteiger partial charge on any atom is -0.495 e. The second-order valence-electron chi connectivity index (χ2n) is 17.5. The van der Waals surface area contributed by atoms with Crippen molar-refractivity contribution in [3.05, 3.63) is 210 Å². The van der Waals surface area contributed by atoms with Gasteiger partial charge in [0.2, 0.25) is 9.23 Å². The quantitative estimate of drug-likeness (QED) is 0.104. The molecule has 0 atom stereocenters. The molecule has 2 aliphatic rings. The third-order valence-corrected chi connectivity index (χ3v) is 14.1. The van der Waals surface area contributed by atoms with Crippen LogP contribution >= 0.6 is 44.6 Å². The van der Waals surface area contributed by atoms with E-state index >= 15 is 8.78 Å². The Morgan fingerprint density at radius 2 is 1.15 bits per heavy atom. The lowest BCUT2D eigenvalue weighted by Crippen LogP contribution is -2.41. The summed E-state index contributed by atoms with van der Waals surface area (Å²) in [6, 6.07) is 24.8. The van der Waals surface area contributed by atoms with Crippen molar-refractivity contribution < 1.29 is 44.1 Å². The van der Waals surface area contributed by atoms with Crippen molar-refractivity contribution in [1.82, 2.24) is 23.4 Å².